The molecule has 1 N–H and O–H groups in total. The molecule has 4 nitrogen and oxygen atoms in total. The molecule has 0 bridgehead atoms. The summed E-state index contributed by atoms with van der Waals surface area (Å²) in [4.78, 5) is 3.78. The third-order valence-corrected chi connectivity index (χ3v) is 2.32. The van der Waals surface area contributed by atoms with Crippen LogP contribution in [0, 0.1) is 5.82 Å². The van der Waals surface area contributed by atoms with Gasteiger partial charge in [-0.2, -0.15) is 5.10 Å². The first-order chi connectivity index (χ1) is 7.75. The minimum Gasteiger partial charge on any atom is -0.307 e. The number of pyridine rings is 1. The SMILES string of the molecule is Cn1nccc1CNCc1cncc(F)c1. The highest BCUT2D eigenvalue weighted by atomic mass is 19.1. The number of nitrogens with zero attached hydrogens (tertiary/aromatic N) is 3. The van der Waals surface area contributed by atoms with E-state index in [1.807, 2.05) is 13.1 Å². The van der Waals surface area contributed by atoms with Crippen molar-refractivity contribution in [3.63, 3.8) is 0 Å². The first-order valence-corrected chi connectivity index (χ1v) is 5.03. The Kier molecular flexibility index (Phi) is 3.26. The van der Waals surface area contributed by atoms with Crippen molar-refractivity contribution in [2.45, 2.75) is 13.1 Å². The molecule has 0 aliphatic carbocycles. The fraction of sp³-hybridized carbons (Fsp3) is 0.273. The summed E-state index contributed by atoms with van der Waals surface area (Å²) in [5, 5.41) is 7.27. The molecule has 2 aromatic rings. The Morgan fingerprint density at radius 2 is 2.25 bits per heavy atom. The Bertz CT molecular complexity index is 467. The van der Waals surface area contributed by atoms with Gasteiger partial charge in [0.1, 0.15) is 5.82 Å². The summed E-state index contributed by atoms with van der Waals surface area (Å²) < 4.78 is 14.6. The van der Waals surface area contributed by atoms with Crippen molar-refractivity contribution in [3.8, 4) is 0 Å². The van der Waals surface area contributed by atoms with Gasteiger partial charge in [-0.3, -0.25) is 9.67 Å². The predicted molar refractivity (Wildman–Crippen MR) is 57.9 cm³/mol. The fourth-order valence-electron chi connectivity index (χ4n) is 1.46. The van der Waals surface area contributed by atoms with Crippen molar-refractivity contribution in [2.24, 2.45) is 7.05 Å². The smallest absolute Gasteiger partial charge is 0.141 e. The largest absolute Gasteiger partial charge is 0.307 e. The highest BCUT2D eigenvalue weighted by molar-refractivity contribution is 5.10. The minimum atomic E-state index is -0.306. The van der Waals surface area contributed by atoms with Crippen LogP contribution >= 0.6 is 0 Å². The average Bonchev–Trinajstić information content (AvgIpc) is 2.65. The molecule has 0 atom stereocenters. The highest BCUT2D eigenvalue weighted by Crippen LogP contribution is 2.01. The molecule has 0 unspecified atom stereocenters. The van der Waals surface area contributed by atoms with Gasteiger partial charge in [-0.05, 0) is 17.7 Å². The molecular formula is C11H13FN4. The number of aryl methyl sites for hydroxylation is 1. The van der Waals surface area contributed by atoms with Crippen LogP contribution in [0.1, 0.15) is 11.3 Å². The molecule has 0 saturated heterocycles. The summed E-state index contributed by atoms with van der Waals surface area (Å²) in [5.41, 5.74) is 1.92. The van der Waals surface area contributed by atoms with Crippen molar-refractivity contribution in [1.29, 1.82) is 0 Å². The second-order valence-corrected chi connectivity index (χ2v) is 3.56. The van der Waals surface area contributed by atoms with Crippen molar-refractivity contribution >= 4 is 0 Å². The van der Waals surface area contributed by atoms with Gasteiger partial charge < -0.3 is 5.32 Å². The number of hydrogen-bond donors (Lipinski definition) is 1. The Labute approximate surface area is 93.1 Å². The van der Waals surface area contributed by atoms with Crippen molar-refractivity contribution in [3.05, 3.63) is 47.8 Å². The van der Waals surface area contributed by atoms with Gasteiger partial charge in [0.05, 0.1) is 11.9 Å². The van der Waals surface area contributed by atoms with E-state index in [1.54, 1.807) is 17.1 Å². The molecule has 0 spiro atoms. The Morgan fingerprint density at radius 1 is 1.38 bits per heavy atom. The third kappa shape index (κ3) is 2.64. The van der Waals surface area contributed by atoms with Crippen LogP contribution in [0.2, 0.25) is 0 Å². The maximum absolute atomic E-state index is 12.8. The van der Waals surface area contributed by atoms with Crippen molar-refractivity contribution < 1.29 is 4.39 Å². The van der Waals surface area contributed by atoms with Crippen LogP contribution in [0.25, 0.3) is 0 Å². The van der Waals surface area contributed by atoms with Crippen LogP contribution in [0.15, 0.2) is 30.7 Å². The highest BCUT2D eigenvalue weighted by Gasteiger charge is 1.99. The second-order valence-electron chi connectivity index (χ2n) is 3.56. The number of rotatable bonds is 4. The molecule has 2 rings (SSSR count). The lowest BCUT2D eigenvalue weighted by molar-refractivity contribution is 0.604. The van der Waals surface area contributed by atoms with Gasteiger partial charge in [0.15, 0.2) is 0 Å². The first-order valence-electron chi connectivity index (χ1n) is 5.03. The van der Waals surface area contributed by atoms with E-state index in [2.05, 4.69) is 15.4 Å². The summed E-state index contributed by atoms with van der Waals surface area (Å²) >= 11 is 0. The van der Waals surface area contributed by atoms with E-state index in [-0.39, 0.29) is 5.82 Å². The molecular weight excluding hydrogens is 207 g/mol. The molecule has 0 fully saturated rings. The summed E-state index contributed by atoms with van der Waals surface area (Å²) in [6.07, 6.45) is 4.60. The maximum Gasteiger partial charge on any atom is 0.141 e. The van der Waals surface area contributed by atoms with Crippen molar-refractivity contribution in [1.82, 2.24) is 20.1 Å². The lowest BCUT2D eigenvalue weighted by Crippen LogP contribution is -2.15. The third-order valence-electron chi connectivity index (χ3n) is 2.32. The van der Waals surface area contributed by atoms with E-state index in [1.165, 1.54) is 12.3 Å². The zero-order valence-corrected chi connectivity index (χ0v) is 9.02. The molecule has 0 aliphatic rings. The Morgan fingerprint density at radius 3 is 2.94 bits per heavy atom. The van der Waals surface area contributed by atoms with Gasteiger partial charge in [-0.25, -0.2) is 4.39 Å². The molecule has 0 aliphatic heterocycles. The molecule has 84 valence electrons. The van der Waals surface area contributed by atoms with Crippen molar-refractivity contribution in [2.75, 3.05) is 0 Å². The molecule has 0 saturated carbocycles. The lowest BCUT2D eigenvalue weighted by atomic mass is 10.3. The van der Waals surface area contributed by atoms with Crippen LogP contribution in [-0.2, 0) is 20.1 Å². The van der Waals surface area contributed by atoms with Gasteiger partial charge in [0, 0.05) is 32.5 Å². The number of aromatic nitrogens is 3. The standard InChI is InChI=1S/C11H13FN4/c1-16-11(2-3-15-16)8-14-6-9-4-10(12)7-13-5-9/h2-5,7,14H,6,8H2,1H3. The summed E-state index contributed by atoms with van der Waals surface area (Å²) in [5.74, 6) is -0.306. The monoisotopic (exact) mass is 220 g/mol. The van der Waals surface area contributed by atoms with Gasteiger partial charge in [-0.1, -0.05) is 0 Å². The molecule has 2 aromatic heterocycles. The quantitative estimate of drug-likeness (QED) is 0.843. The topological polar surface area (TPSA) is 42.7 Å². The molecule has 0 radical (unpaired) electrons. The molecule has 5 heteroatoms. The van der Waals surface area contributed by atoms with E-state index in [0.717, 1.165) is 11.3 Å². The second kappa shape index (κ2) is 4.85. The maximum atomic E-state index is 12.8. The first kappa shape index (κ1) is 10.8. The Balaban J connectivity index is 1.87. The summed E-state index contributed by atoms with van der Waals surface area (Å²) in [7, 11) is 1.89. The average molecular weight is 220 g/mol. The molecule has 0 amide bonds. The number of nitrogens with one attached hydrogen (secondary N) is 1. The fourth-order valence-corrected chi connectivity index (χ4v) is 1.46. The normalized spacial score (nSPS) is 10.6. The summed E-state index contributed by atoms with van der Waals surface area (Å²) in [6.45, 7) is 1.29. The predicted octanol–water partition coefficient (Wildman–Crippen LogP) is 1.24. The van der Waals surface area contributed by atoms with E-state index < -0.39 is 0 Å². The minimum absolute atomic E-state index is 0.306. The van der Waals surface area contributed by atoms with Gasteiger partial charge in [-0.15, -0.1) is 0 Å². The van der Waals surface area contributed by atoms with Gasteiger partial charge in [0.2, 0.25) is 0 Å². The van der Waals surface area contributed by atoms with Crippen LogP contribution in [0.5, 0.6) is 0 Å². The van der Waals surface area contributed by atoms with E-state index >= 15 is 0 Å². The van der Waals surface area contributed by atoms with Gasteiger partial charge >= 0.3 is 0 Å². The van der Waals surface area contributed by atoms with Crippen LogP contribution in [0.3, 0.4) is 0 Å². The van der Waals surface area contributed by atoms with E-state index in [4.69, 9.17) is 0 Å². The van der Waals surface area contributed by atoms with E-state index in [0.29, 0.717) is 13.1 Å². The zero-order chi connectivity index (χ0) is 11.4. The van der Waals surface area contributed by atoms with Gasteiger partial charge in [0.25, 0.3) is 0 Å². The molecule has 0 aromatic carbocycles. The van der Waals surface area contributed by atoms with E-state index in [9.17, 15) is 4.39 Å². The lowest BCUT2D eigenvalue weighted by Gasteiger charge is -2.05. The molecule has 2 heterocycles. The van der Waals surface area contributed by atoms with Crippen LogP contribution in [-0.4, -0.2) is 14.8 Å². The number of halogens is 1. The Hall–Kier alpha value is -1.75. The zero-order valence-electron chi connectivity index (χ0n) is 9.02. The number of hydrogen-bond acceptors (Lipinski definition) is 3. The van der Waals surface area contributed by atoms with Crippen LogP contribution in [0.4, 0.5) is 4.39 Å². The summed E-state index contributed by atoms with van der Waals surface area (Å²) in [6, 6.07) is 3.42. The molecule has 16 heavy (non-hydrogen) atoms. The van der Waals surface area contributed by atoms with Crippen LogP contribution < -0.4 is 5.32 Å².